The third-order valence-corrected chi connectivity index (χ3v) is 7.86. The number of para-hydroxylation sites is 1. The van der Waals surface area contributed by atoms with Crippen LogP contribution in [-0.4, -0.2) is 27.0 Å². The maximum absolute atomic E-state index is 13.1. The van der Waals surface area contributed by atoms with Gasteiger partial charge in [-0.15, -0.1) is 22.7 Å². The van der Waals surface area contributed by atoms with Crippen LogP contribution in [0.25, 0.3) is 20.4 Å². The summed E-state index contributed by atoms with van der Waals surface area (Å²) in [4.78, 5) is 36.5. The van der Waals surface area contributed by atoms with E-state index >= 15 is 0 Å². The Morgan fingerprint density at radius 3 is 2.90 bits per heavy atom. The summed E-state index contributed by atoms with van der Waals surface area (Å²) in [6.07, 6.45) is 4.69. The van der Waals surface area contributed by atoms with Crippen molar-refractivity contribution >= 4 is 49.0 Å². The van der Waals surface area contributed by atoms with Gasteiger partial charge in [-0.1, -0.05) is 18.6 Å². The summed E-state index contributed by atoms with van der Waals surface area (Å²) in [5.41, 5.74) is 1.74. The first-order valence-electron chi connectivity index (χ1n) is 10.3. The number of carbonyl (C=O) groups is 1. The van der Waals surface area contributed by atoms with Gasteiger partial charge in [-0.25, -0.2) is 9.97 Å². The smallest absolute Gasteiger partial charge is 0.262 e. The molecule has 30 heavy (non-hydrogen) atoms. The van der Waals surface area contributed by atoms with Gasteiger partial charge in [-0.2, -0.15) is 0 Å². The van der Waals surface area contributed by atoms with Crippen molar-refractivity contribution in [1.82, 2.24) is 19.9 Å². The predicted octanol–water partition coefficient (Wildman–Crippen LogP) is 4.08. The number of fused-ring (bicyclic) bond motifs is 3. The Hall–Kier alpha value is -2.58. The second-order valence-corrected chi connectivity index (χ2v) is 9.73. The summed E-state index contributed by atoms with van der Waals surface area (Å²) >= 11 is 2.98. The second kappa shape index (κ2) is 7.92. The minimum atomic E-state index is -0.142. The van der Waals surface area contributed by atoms with E-state index in [1.807, 2.05) is 29.7 Å². The van der Waals surface area contributed by atoms with E-state index in [0.717, 1.165) is 58.8 Å². The topological polar surface area (TPSA) is 76.9 Å². The highest BCUT2D eigenvalue weighted by Crippen LogP contribution is 2.28. The fraction of sp³-hybridized carbons (Fsp3) is 0.364. The largest absolute Gasteiger partial charge is 0.351 e. The SMILES string of the molecule is Cc1c(C(=O)NCCc2nc3ccccc3s2)sc2nc3n(c(=O)c12)CCCCC3. The molecule has 154 valence electrons. The van der Waals surface area contributed by atoms with Gasteiger partial charge in [0.2, 0.25) is 0 Å². The molecule has 0 radical (unpaired) electrons. The second-order valence-electron chi connectivity index (χ2n) is 7.61. The van der Waals surface area contributed by atoms with Crippen LogP contribution in [0.3, 0.4) is 0 Å². The number of rotatable bonds is 4. The molecule has 1 aliphatic heterocycles. The standard InChI is InChI=1S/C22H22N4O2S2/c1-13-18-21(25-16-9-3-2-6-12-26(16)22(18)28)30-19(13)20(27)23-11-10-17-24-14-7-4-5-8-15(14)29-17/h4-5,7-8H,2-3,6,9-12H2,1H3,(H,23,27). The molecule has 4 heterocycles. The van der Waals surface area contributed by atoms with Gasteiger partial charge in [-0.3, -0.25) is 14.2 Å². The van der Waals surface area contributed by atoms with Crippen molar-refractivity contribution in [3.8, 4) is 0 Å². The van der Waals surface area contributed by atoms with E-state index in [1.165, 1.54) is 11.3 Å². The lowest BCUT2D eigenvalue weighted by Gasteiger charge is -2.08. The van der Waals surface area contributed by atoms with E-state index in [1.54, 1.807) is 11.3 Å². The third kappa shape index (κ3) is 3.44. The van der Waals surface area contributed by atoms with Gasteiger partial charge in [0.25, 0.3) is 11.5 Å². The number of aromatic nitrogens is 3. The average molecular weight is 439 g/mol. The lowest BCUT2D eigenvalue weighted by Crippen LogP contribution is -2.26. The van der Waals surface area contributed by atoms with Gasteiger partial charge in [0.05, 0.1) is 25.5 Å². The summed E-state index contributed by atoms with van der Waals surface area (Å²) in [5, 5.41) is 4.60. The summed E-state index contributed by atoms with van der Waals surface area (Å²) in [5.74, 6) is 0.713. The van der Waals surface area contributed by atoms with Crippen molar-refractivity contribution < 1.29 is 4.79 Å². The molecular formula is C22H22N4O2S2. The number of thiophene rings is 1. The van der Waals surface area contributed by atoms with Crippen LogP contribution in [0.5, 0.6) is 0 Å². The zero-order chi connectivity index (χ0) is 20.7. The maximum atomic E-state index is 13.1. The molecule has 0 saturated heterocycles. The van der Waals surface area contributed by atoms with E-state index in [-0.39, 0.29) is 11.5 Å². The first-order valence-corrected chi connectivity index (χ1v) is 11.9. The Bertz CT molecular complexity index is 1290. The molecule has 1 N–H and O–H groups in total. The molecule has 1 aromatic carbocycles. The van der Waals surface area contributed by atoms with Crippen molar-refractivity contribution in [1.29, 1.82) is 0 Å². The fourth-order valence-electron chi connectivity index (χ4n) is 4.02. The molecule has 1 amide bonds. The minimum Gasteiger partial charge on any atom is -0.351 e. The molecule has 5 rings (SSSR count). The highest BCUT2D eigenvalue weighted by molar-refractivity contribution is 7.20. The number of nitrogens with one attached hydrogen (secondary N) is 1. The first-order chi connectivity index (χ1) is 14.6. The third-order valence-electron chi connectivity index (χ3n) is 5.58. The average Bonchev–Trinajstić information content (AvgIpc) is 3.20. The number of nitrogens with zero attached hydrogens (tertiary/aromatic N) is 3. The van der Waals surface area contributed by atoms with Crippen LogP contribution >= 0.6 is 22.7 Å². The van der Waals surface area contributed by atoms with E-state index in [2.05, 4.69) is 16.4 Å². The van der Waals surface area contributed by atoms with Crippen molar-refractivity contribution in [3.63, 3.8) is 0 Å². The van der Waals surface area contributed by atoms with Gasteiger partial charge in [0.1, 0.15) is 10.7 Å². The molecule has 0 saturated carbocycles. The molecule has 6 nitrogen and oxygen atoms in total. The van der Waals surface area contributed by atoms with Crippen LogP contribution in [0.2, 0.25) is 0 Å². The summed E-state index contributed by atoms with van der Waals surface area (Å²) in [6, 6.07) is 8.05. The summed E-state index contributed by atoms with van der Waals surface area (Å²) < 4.78 is 2.97. The Labute approximate surface area is 181 Å². The zero-order valence-corrected chi connectivity index (χ0v) is 18.4. The molecule has 0 fully saturated rings. The molecule has 1 aliphatic rings. The van der Waals surface area contributed by atoms with Crippen molar-refractivity contribution in [2.45, 2.75) is 45.6 Å². The van der Waals surface area contributed by atoms with Crippen molar-refractivity contribution in [3.05, 3.63) is 55.9 Å². The first kappa shape index (κ1) is 19.4. The van der Waals surface area contributed by atoms with E-state index in [0.29, 0.717) is 28.1 Å². The molecule has 0 unspecified atom stereocenters. The molecule has 0 spiro atoms. The monoisotopic (exact) mass is 438 g/mol. The Balaban J connectivity index is 1.36. The quantitative estimate of drug-likeness (QED) is 0.521. The normalized spacial score (nSPS) is 14.0. The zero-order valence-electron chi connectivity index (χ0n) is 16.7. The van der Waals surface area contributed by atoms with Gasteiger partial charge in [0, 0.05) is 25.9 Å². The summed E-state index contributed by atoms with van der Waals surface area (Å²) in [7, 11) is 0. The number of thiazole rings is 1. The van der Waals surface area contributed by atoms with Gasteiger partial charge >= 0.3 is 0 Å². The van der Waals surface area contributed by atoms with Gasteiger partial charge < -0.3 is 5.32 Å². The summed E-state index contributed by atoms with van der Waals surface area (Å²) in [6.45, 7) is 3.08. The maximum Gasteiger partial charge on any atom is 0.262 e. The van der Waals surface area contributed by atoms with Crippen molar-refractivity contribution in [2.24, 2.45) is 0 Å². The Morgan fingerprint density at radius 2 is 2.03 bits per heavy atom. The molecule has 0 aliphatic carbocycles. The number of carbonyl (C=O) groups excluding carboxylic acids is 1. The van der Waals surface area contributed by atoms with Gasteiger partial charge in [-0.05, 0) is 37.5 Å². The molecule has 0 atom stereocenters. The van der Waals surface area contributed by atoms with Crippen LogP contribution in [-0.2, 0) is 19.4 Å². The Kier molecular flexibility index (Phi) is 5.12. The van der Waals surface area contributed by atoms with Gasteiger partial charge in [0.15, 0.2) is 0 Å². The fourth-order valence-corrected chi connectivity index (χ4v) is 6.09. The lowest BCUT2D eigenvalue weighted by molar-refractivity contribution is 0.0957. The Morgan fingerprint density at radius 1 is 1.17 bits per heavy atom. The highest BCUT2D eigenvalue weighted by atomic mass is 32.1. The number of benzene rings is 1. The number of hydrogen-bond acceptors (Lipinski definition) is 6. The van der Waals surface area contributed by atoms with Crippen molar-refractivity contribution in [2.75, 3.05) is 6.54 Å². The number of hydrogen-bond donors (Lipinski definition) is 1. The van der Waals surface area contributed by atoms with E-state index in [4.69, 9.17) is 4.98 Å². The number of aryl methyl sites for hydroxylation is 2. The van der Waals surface area contributed by atoms with Crippen LogP contribution < -0.4 is 10.9 Å². The lowest BCUT2D eigenvalue weighted by atomic mass is 10.2. The molecule has 3 aromatic heterocycles. The van der Waals surface area contributed by atoms with E-state index in [9.17, 15) is 9.59 Å². The molecular weight excluding hydrogens is 416 g/mol. The molecule has 4 aromatic rings. The number of amides is 1. The highest BCUT2D eigenvalue weighted by Gasteiger charge is 2.22. The van der Waals surface area contributed by atoms with Crippen LogP contribution in [0, 0.1) is 6.92 Å². The molecule has 0 bridgehead atoms. The van der Waals surface area contributed by atoms with Crippen LogP contribution in [0.1, 0.15) is 45.3 Å². The van der Waals surface area contributed by atoms with Crippen LogP contribution in [0.15, 0.2) is 29.1 Å². The van der Waals surface area contributed by atoms with Crippen LogP contribution in [0.4, 0.5) is 0 Å². The van der Waals surface area contributed by atoms with E-state index < -0.39 is 0 Å². The minimum absolute atomic E-state index is 0.000763. The predicted molar refractivity (Wildman–Crippen MR) is 122 cm³/mol. The molecule has 8 heteroatoms.